The summed E-state index contributed by atoms with van der Waals surface area (Å²) < 4.78 is 43.3. The number of carbonyl (C=O) groups is 1. The normalized spacial score (nSPS) is 15.9. The molecule has 4 nitrogen and oxygen atoms in total. The van der Waals surface area contributed by atoms with E-state index >= 15 is 0 Å². The first-order chi connectivity index (χ1) is 12.9. The van der Waals surface area contributed by atoms with Gasteiger partial charge < -0.3 is 0 Å². The Hall–Kier alpha value is -1.83. The molecule has 0 saturated heterocycles. The van der Waals surface area contributed by atoms with Crippen LogP contribution in [0.25, 0.3) is 0 Å². The molecule has 1 heterocycles. The zero-order chi connectivity index (χ0) is 20.9. The van der Waals surface area contributed by atoms with Crippen molar-refractivity contribution in [3.8, 4) is 0 Å². The van der Waals surface area contributed by atoms with Gasteiger partial charge in [0.05, 0.1) is 11.1 Å². The van der Waals surface area contributed by atoms with E-state index in [1.807, 2.05) is 22.5 Å². The largest absolute Gasteiger partial charge is 0.416 e. The van der Waals surface area contributed by atoms with Crippen LogP contribution in [0.15, 0.2) is 33.7 Å². The van der Waals surface area contributed by atoms with Crippen molar-refractivity contribution in [1.82, 2.24) is 9.36 Å². The third-order valence-electron chi connectivity index (χ3n) is 4.88. The molecule has 0 aliphatic heterocycles. The Labute approximate surface area is 170 Å². The fraction of sp³-hybridized carbons (Fsp3) is 0.500. The Morgan fingerprint density at radius 1 is 1.21 bits per heavy atom. The molecular weight excluding hydrogens is 435 g/mol. The minimum Gasteiger partial charge on any atom is -0.291 e. The van der Waals surface area contributed by atoms with Crippen molar-refractivity contribution >= 4 is 21.8 Å². The zero-order valence-corrected chi connectivity index (χ0v) is 17.9. The Kier molecular flexibility index (Phi) is 5.38. The maximum Gasteiger partial charge on any atom is 0.416 e. The number of hydrogen-bond acceptors (Lipinski definition) is 1. The van der Waals surface area contributed by atoms with Crippen LogP contribution in [0.3, 0.4) is 0 Å². The minimum atomic E-state index is -4.52. The number of rotatable bonds is 3. The topological polar surface area (TPSA) is 39.3 Å². The lowest BCUT2D eigenvalue weighted by Crippen LogP contribution is -2.26. The van der Waals surface area contributed by atoms with Crippen LogP contribution in [-0.2, 0) is 25.2 Å². The monoisotopic (exact) mass is 457 g/mol. The molecule has 0 spiro atoms. The van der Waals surface area contributed by atoms with Gasteiger partial charge in [-0.1, -0.05) is 20.8 Å². The van der Waals surface area contributed by atoms with Gasteiger partial charge in [-0.15, -0.1) is 0 Å². The van der Waals surface area contributed by atoms with Gasteiger partial charge in [0.15, 0.2) is 5.49 Å². The average Bonchev–Trinajstić information content (AvgIpc) is 3.32. The van der Waals surface area contributed by atoms with Crippen molar-refractivity contribution in [2.24, 2.45) is 18.0 Å². The van der Waals surface area contributed by atoms with Crippen LogP contribution < -0.4 is 5.49 Å². The Balaban J connectivity index is 2.09. The third-order valence-corrected chi connectivity index (χ3v) is 5.57. The number of aromatic nitrogens is 2. The lowest BCUT2D eigenvalue weighted by molar-refractivity contribution is -0.137. The number of halogens is 4. The van der Waals surface area contributed by atoms with E-state index in [0.717, 1.165) is 37.2 Å². The summed E-state index contributed by atoms with van der Waals surface area (Å²) in [6.45, 7) is 6.94. The summed E-state index contributed by atoms with van der Waals surface area (Å²) in [5.41, 5.74) is 0.335. The van der Waals surface area contributed by atoms with E-state index in [9.17, 15) is 18.0 Å². The van der Waals surface area contributed by atoms with E-state index in [-0.39, 0.29) is 15.5 Å². The molecule has 1 aliphatic rings. The maximum atomic E-state index is 13.0. The second kappa shape index (κ2) is 7.21. The molecule has 28 heavy (non-hydrogen) atoms. The van der Waals surface area contributed by atoms with Crippen LogP contribution in [0.2, 0.25) is 0 Å². The smallest absolute Gasteiger partial charge is 0.291 e. The van der Waals surface area contributed by atoms with Gasteiger partial charge in [0, 0.05) is 35.2 Å². The molecule has 0 atom stereocenters. The quantitative estimate of drug-likeness (QED) is 0.634. The maximum absolute atomic E-state index is 13.0. The van der Waals surface area contributed by atoms with Crippen molar-refractivity contribution in [3.05, 3.63) is 51.0 Å². The molecule has 2 aromatic rings. The third kappa shape index (κ3) is 4.42. The first-order valence-corrected chi connectivity index (χ1v) is 9.90. The number of nitrogens with zero attached hydrogens (tertiary/aromatic N) is 3. The second-order valence-corrected chi connectivity index (χ2v) is 9.15. The van der Waals surface area contributed by atoms with Crippen LogP contribution >= 0.6 is 15.9 Å². The van der Waals surface area contributed by atoms with Crippen LogP contribution in [0.5, 0.6) is 0 Å². The molecule has 0 radical (unpaired) electrons. The van der Waals surface area contributed by atoms with Crippen molar-refractivity contribution in [2.45, 2.75) is 51.7 Å². The van der Waals surface area contributed by atoms with Gasteiger partial charge in [0.25, 0.3) is 5.91 Å². The predicted octanol–water partition coefficient (Wildman–Crippen LogP) is 5.06. The van der Waals surface area contributed by atoms with E-state index in [2.05, 4.69) is 41.7 Å². The summed E-state index contributed by atoms with van der Waals surface area (Å²) in [7, 11) is 1.92. The number of amides is 1. The van der Waals surface area contributed by atoms with Gasteiger partial charge in [0.1, 0.15) is 0 Å². The van der Waals surface area contributed by atoms with E-state index in [0.29, 0.717) is 11.4 Å². The highest BCUT2D eigenvalue weighted by atomic mass is 79.9. The highest BCUT2D eigenvalue weighted by molar-refractivity contribution is 9.10. The van der Waals surface area contributed by atoms with E-state index in [4.69, 9.17) is 0 Å². The lowest BCUT2D eigenvalue weighted by Gasteiger charge is -2.20. The molecule has 3 rings (SSSR count). The first kappa shape index (κ1) is 20.9. The molecule has 1 aliphatic carbocycles. The van der Waals surface area contributed by atoms with Gasteiger partial charge in [0.2, 0.25) is 0 Å². The molecular formula is C20H23BrF3N3O. The van der Waals surface area contributed by atoms with E-state index < -0.39 is 17.6 Å². The summed E-state index contributed by atoms with van der Waals surface area (Å²) >= 11 is 3.17. The number of alkyl halides is 3. The Morgan fingerprint density at radius 2 is 1.86 bits per heavy atom. The fourth-order valence-corrected chi connectivity index (χ4v) is 3.57. The SMILES string of the molecule is Cn1c(C(C)(C)C)c/c(=N/C(=O)c2cc(C(F)(F)F)ccc2Br)n1CC1CC1. The summed E-state index contributed by atoms with van der Waals surface area (Å²) in [5.74, 6) is -0.149. The molecule has 1 aromatic heterocycles. The molecule has 152 valence electrons. The van der Waals surface area contributed by atoms with Gasteiger partial charge in [-0.2, -0.15) is 18.2 Å². The summed E-state index contributed by atoms with van der Waals surface area (Å²) in [6.07, 6.45) is -2.25. The standard InChI is InChI=1S/C20H23BrF3N3O/c1-19(2,3)16-10-17(27(26(16)4)11-12-5-6-12)25-18(28)14-9-13(20(22,23)24)7-8-15(14)21/h7-10,12H,5-6,11H2,1-4H3/b25-17-. The van der Waals surface area contributed by atoms with Crippen LogP contribution in [0.1, 0.15) is 55.2 Å². The highest BCUT2D eigenvalue weighted by Crippen LogP contribution is 2.32. The molecule has 0 unspecified atom stereocenters. The van der Waals surface area contributed by atoms with Crippen molar-refractivity contribution in [3.63, 3.8) is 0 Å². The molecule has 8 heteroatoms. The van der Waals surface area contributed by atoms with Crippen LogP contribution in [-0.4, -0.2) is 15.3 Å². The highest BCUT2D eigenvalue weighted by Gasteiger charge is 2.32. The van der Waals surface area contributed by atoms with Crippen LogP contribution in [0, 0.1) is 5.92 Å². The molecule has 1 aromatic carbocycles. The molecule has 0 bridgehead atoms. The number of benzene rings is 1. The molecule has 0 N–H and O–H groups in total. The minimum absolute atomic E-state index is 0.103. The van der Waals surface area contributed by atoms with E-state index in [1.54, 1.807) is 0 Å². The first-order valence-electron chi connectivity index (χ1n) is 9.11. The number of carbonyl (C=O) groups excluding carboxylic acids is 1. The van der Waals surface area contributed by atoms with Gasteiger partial charge in [-0.05, 0) is 52.9 Å². The fourth-order valence-electron chi connectivity index (χ4n) is 3.16. The Bertz CT molecular complexity index is 976. The van der Waals surface area contributed by atoms with Gasteiger partial charge in [-0.25, -0.2) is 0 Å². The number of hydrogen-bond donors (Lipinski definition) is 0. The molecule has 1 saturated carbocycles. The van der Waals surface area contributed by atoms with Crippen molar-refractivity contribution in [2.75, 3.05) is 0 Å². The van der Waals surface area contributed by atoms with Crippen molar-refractivity contribution < 1.29 is 18.0 Å². The van der Waals surface area contributed by atoms with Gasteiger partial charge in [-0.3, -0.25) is 14.2 Å². The predicted molar refractivity (Wildman–Crippen MR) is 104 cm³/mol. The summed E-state index contributed by atoms with van der Waals surface area (Å²) in [5, 5.41) is 0. The summed E-state index contributed by atoms with van der Waals surface area (Å²) in [4.78, 5) is 16.9. The lowest BCUT2D eigenvalue weighted by atomic mass is 9.92. The molecule has 1 fully saturated rings. The molecule has 1 amide bonds. The second-order valence-electron chi connectivity index (χ2n) is 8.30. The van der Waals surface area contributed by atoms with Gasteiger partial charge >= 0.3 is 6.18 Å². The zero-order valence-electron chi connectivity index (χ0n) is 16.3. The Morgan fingerprint density at radius 3 is 2.39 bits per heavy atom. The summed E-state index contributed by atoms with van der Waals surface area (Å²) in [6, 6.07) is 4.86. The van der Waals surface area contributed by atoms with Crippen molar-refractivity contribution in [1.29, 1.82) is 0 Å². The average molecular weight is 458 g/mol. The van der Waals surface area contributed by atoms with Crippen LogP contribution in [0.4, 0.5) is 13.2 Å². The van der Waals surface area contributed by atoms with E-state index in [1.165, 1.54) is 6.07 Å².